The minimum Gasteiger partial charge on any atom is -0.394 e. The fraction of sp³-hybridized carbons (Fsp3) is 0.400. The third kappa shape index (κ3) is 4.63. The molecule has 2 fully saturated rings. The molecule has 192 valence electrons. The van der Waals surface area contributed by atoms with Crippen LogP contribution in [0.25, 0.3) is 15.3 Å². The lowest BCUT2D eigenvalue weighted by Crippen LogP contribution is -2.38. The van der Waals surface area contributed by atoms with Gasteiger partial charge >= 0.3 is 0 Å². The van der Waals surface area contributed by atoms with Crippen molar-refractivity contribution >= 4 is 39.4 Å². The maximum absolute atomic E-state index is 13.2. The maximum atomic E-state index is 13.2. The predicted molar refractivity (Wildman–Crippen MR) is 140 cm³/mol. The molecular weight excluding hydrogens is 492 g/mol. The van der Waals surface area contributed by atoms with Crippen LogP contribution < -0.4 is 10.6 Å². The molecule has 1 saturated carbocycles. The summed E-state index contributed by atoms with van der Waals surface area (Å²) >= 11 is 1.44. The van der Waals surface area contributed by atoms with E-state index in [0.717, 1.165) is 23.4 Å². The van der Waals surface area contributed by atoms with Gasteiger partial charge in [0.2, 0.25) is 5.91 Å². The normalized spacial score (nSPS) is 16.5. The van der Waals surface area contributed by atoms with Crippen molar-refractivity contribution in [3.05, 3.63) is 48.3 Å². The van der Waals surface area contributed by atoms with Gasteiger partial charge in [-0.25, -0.2) is 4.52 Å². The Balaban J connectivity index is 1.15. The number of nitrogens with one attached hydrogen (secondary N) is 2. The maximum Gasteiger partial charge on any atom is 0.260 e. The number of fused-ring (bicyclic) bond motifs is 1. The largest absolute Gasteiger partial charge is 0.394 e. The second-order valence-corrected chi connectivity index (χ2v) is 10.8. The van der Waals surface area contributed by atoms with Crippen LogP contribution >= 0.6 is 11.3 Å². The lowest BCUT2D eigenvalue weighted by atomic mass is 10.2. The second kappa shape index (κ2) is 9.36. The van der Waals surface area contributed by atoms with Gasteiger partial charge in [0.25, 0.3) is 5.91 Å². The van der Waals surface area contributed by atoms with Gasteiger partial charge in [-0.05, 0) is 45.2 Å². The molecule has 1 saturated heterocycles. The molecule has 0 radical (unpaired) electrons. The topological polar surface area (TPSA) is 130 Å². The first-order valence-corrected chi connectivity index (χ1v) is 13.2. The SMILES string of the molecule is Cc1ncc(NC(=O)CN2CCCC23CC3)cc1NC(=O)c1cnn2cc(-c3cnn(CCO)c3)sc12. The van der Waals surface area contributed by atoms with E-state index in [4.69, 9.17) is 5.11 Å². The molecular formula is C25H28N8O3S. The van der Waals surface area contributed by atoms with Crippen LogP contribution in [-0.2, 0) is 11.3 Å². The first-order valence-electron chi connectivity index (χ1n) is 12.4. The molecule has 1 aliphatic heterocycles. The zero-order chi connectivity index (χ0) is 25.6. The molecule has 37 heavy (non-hydrogen) atoms. The summed E-state index contributed by atoms with van der Waals surface area (Å²) < 4.78 is 3.34. The molecule has 4 aromatic heterocycles. The van der Waals surface area contributed by atoms with Crippen molar-refractivity contribution in [2.45, 2.75) is 44.7 Å². The van der Waals surface area contributed by atoms with Gasteiger partial charge in [-0.15, -0.1) is 11.3 Å². The molecule has 0 bridgehead atoms. The van der Waals surface area contributed by atoms with E-state index in [2.05, 4.69) is 30.7 Å². The van der Waals surface area contributed by atoms with Crippen molar-refractivity contribution in [1.82, 2.24) is 29.3 Å². The van der Waals surface area contributed by atoms with Crippen molar-refractivity contribution in [3.63, 3.8) is 0 Å². The minimum absolute atomic E-state index is 0.0114. The predicted octanol–water partition coefficient (Wildman–Crippen LogP) is 2.77. The van der Waals surface area contributed by atoms with Crippen LogP contribution in [0, 0.1) is 6.92 Å². The summed E-state index contributed by atoms with van der Waals surface area (Å²) in [6, 6.07) is 1.74. The van der Waals surface area contributed by atoms with Gasteiger partial charge in [-0.2, -0.15) is 10.2 Å². The number of nitrogens with zero attached hydrogens (tertiary/aromatic N) is 6. The number of amides is 2. The first-order chi connectivity index (χ1) is 17.9. The number of anilines is 2. The van der Waals surface area contributed by atoms with Gasteiger partial charge in [-0.1, -0.05) is 0 Å². The zero-order valence-electron chi connectivity index (χ0n) is 20.5. The van der Waals surface area contributed by atoms with Crippen LogP contribution in [0.4, 0.5) is 11.4 Å². The number of carbonyl (C=O) groups is 2. The summed E-state index contributed by atoms with van der Waals surface area (Å²) in [7, 11) is 0. The minimum atomic E-state index is -0.305. The third-order valence-electron chi connectivity index (χ3n) is 7.21. The molecule has 3 N–H and O–H groups in total. The number of aromatic nitrogens is 5. The number of carbonyl (C=O) groups excluding carboxylic acids is 2. The Hall–Kier alpha value is -3.61. The number of aliphatic hydroxyl groups excluding tert-OH is 1. The summed E-state index contributed by atoms with van der Waals surface area (Å²) in [5.74, 6) is -0.372. The molecule has 4 aromatic rings. The van der Waals surface area contributed by atoms with E-state index in [0.29, 0.717) is 40.6 Å². The summed E-state index contributed by atoms with van der Waals surface area (Å²) in [5.41, 5.74) is 3.32. The monoisotopic (exact) mass is 520 g/mol. The number of likely N-dealkylation sites (tertiary alicyclic amines) is 1. The number of hydrogen-bond acceptors (Lipinski definition) is 8. The highest BCUT2D eigenvalue weighted by atomic mass is 32.1. The van der Waals surface area contributed by atoms with Gasteiger partial charge < -0.3 is 15.7 Å². The summed E-state index contributed by atoms with van der Waals surface area (Å²) in [4.78, 5) is 34.2. The van der Waals surface area contributed by atoms with Gasteiger partial charge in [-0.3, -0.25) is 24.2 Å². The standard InChI is InChI=1S/C25H28N8O3S/c1-16-20(9-18(11-26-16)29-22(35)15-31-6-2-3-25(31)4-5-25)30-23(36)19-12-28-33-14-21(37-24(19)33)17-10-27-32(13-17)7-8-34/h9-14,34H,2-8,15H2,1H3,(H,29,35)(H,30,36). The van der Waals surface area contributed by atoms with Gasteiger partial charge in [0.05, 0.1) is 65.8 Å². The Labute approximate surface area is 217 Å². The van der Waals surface area contributed by atoms with Gasteiger partial charge in [0.15, 0.2) is 0 Å². The molecule has 2 aliphatic rings. The van der Waals surface area contributed by atoms with E-state index in [1.165, 1.54) is 36.8 Å². The van der Waals surface area contributed by atoms with Crippen molar-refractivity contribution in [3.8, 4) is 10.4 Å². The molecule has 0 atom stereocenters. The molecule has 2 amide bonds. The Kier molecular flexibility index (Phi) is 6.01. The highest BCUT2D eigenvalue weighted by Gasteiger charge is 2.50. The first kappa shape index (κ1) is 23.8. The van der Waals surface area contributed by atoms with E-state index in [-0.39, 0.29) is 24.0 Å². The number of rotatable bonds is 8. The van der Waals surface area contributed by atoms with Crippen LogP contribution in [0.1, 0.15) is 41.7 Å². The molecule has 0 aromatic carbocycles. The van der Waals surface area contributed by atoms with Gasteiger partial charge in [0.1, 0.15) is 4.83 Å². The lowest BCUT2D eigenvalue weighted by molar-refractivity contribution is -0.117. The van der Waals surface area contributed by atoms with Crippen molar-refractivity contribution in [1.29, 1.82) is 0 Å². The Morgan fingerprint density at radius 1 is 1.14 bits per heavy atom. The number of aryl methyl sites for hydroxylation is 1. The molecule has 1 aliphatic carbocycles. The molecule has 12 heteroatoms. The zero-order valence-corrected chi connectivity index (χ0v) is 21.3. The van der Waals surface area contributed by atoms with Crippen LogP contribution in [0.5, 0.6) is 0 Å². The van der Waals surface area contributed by atoms with Crippen LogP contribution in [-0.4, -0.2) is 71.4 Å². The quantitative estimate of drug-likeness (QED) is 0.326. The average Bonchev–Trinajstić information content (AvgIpc) is 3.23. The summed E-state index contributed by atoms with van der Waals surface area (Å²) in [6.45, 7) is 3.59. The van der Waals surface area contributed by atoms with Gasteiger partial charge in [0, 0.05) is 23.5 Å². The van der Waals surface area contributed by atoms with Crippen LogP contribution in [0.2, 0.25) is 0 Å². The number of pyridine rings is 1. The Morgan fingerprint density at radius 3 is 2.81 bits per heavy atom. The fourth-order valence-corrected chi connectivity index (χ4v) is 6.07. The number of aliphatic hydroxyl groups is 1. The molecule has 5 heterocycles. The second-order valence-electron chi connectivity index (χ2n) is 9.73. The van der Waals surface area contributed by atoms with E-state index < -0.39 is 0 Å². The molecule has 1 spiro atoms. The summed E-state index contributed by atoms with van der Waals surface area (Å²) in [6.07, 6.45) is 13.3. The van der Waals surface area contributed by atoms with E-state index in [9.17, 15) is 9.59 Å². The summed E-state index contributed by atoms with van der Waals surface area (Å²) in [5, 5.41) is 23.6. The Morgan fingerprint density at radius 2 is 2.00 bits per heavy atom. The van der Waals surface area contributed by atoms with Crippen LogP contribution in [0.15, 0.2) is 37.1 Å². The third-order valence-corrected chi connectivity index (χ3v) is 8.37. The highest BCUT2D eigenvalue weighted by molar-refractivity contribution is 7.21. The van der Waals surface area contributed by atoms with Crippen molar-refractivity contribution < 1.29 is 14.7 Å². The molecule has 6 rings (SSSR count). The highest BCUT2D eigenvalue weighted by Crippen LogP contribution is 2.49. The van der Waals surface area contributed by atoms with E-state index in [1.54, 1.807) is 27.7 Å². The van der Waals surface area contributed by atoms with Crippen molar-refractivity contribution in [2.24, 2.45) is 0 Å². The van der Waals surface area contributed by atoms with E-state index >= 15 is 0 Å². The fourth-order valence-electron chi connectivity index (χ4n) is 5.03. The smallest absolute Gasteiger partial charge is 0.260 e. The van der Waals surface area contributed by atoms with Crippen LogP contribution in [0.3, 0.4) is 0 Å². The average molecular weight is 521 g/mol. The number of hydrogen-bond donors (Lipinski definition) is 3. The Bertz CT molecular complexity index is 1480. The number of thiazole rings is 1. The lowest BCUT2D eigenvalue weighted by Gasteiger charge is -2.23. The molecule has 11 nitrogen and oxygen atoms in total. The molecule has 0 unspecified atom stereocenters. The van der Waals surface area contributed by atoms with E-state index in [1.807, 2.05) is 19.3 Å². The van der Waals surface area contributed by atoms with Crippen molar-refractivity contribution in [2.75, 3.05) is 30.3 Å².